The Kier molecular flexibility index (Phi) is 4.06. The molecular weight excluding hydrogens is 212 g/mol. The molecule has 0 aliphatic heterocycles. The molecule has 2 heteroatoms. The van der Waals surface area contributed by atoms with Crippen LogP contribution >= 0.6 is 0 Å². The summed E-state index contributed by atoms with van der Waals surface area (Å²) in [5.41, 5.74) is 0.447. The van der Waals surface area contributed by atoms with Gasteiger partial charge in [-0.2, -0.15) is 0 Å². The summed E-state index contributed by atoms with van der Waals surface area (Å²) < 4.78 is 5.55. The van der Waals surface area contributed by atoms with Crippen molar-refractivity contribution in [2.24, 2.45) is 0 Å². The molecule has 0 unspecified atom stereocenters. The molecule has 0 radical (unpaired) electrons. The van der Waals surface area contributed by atoms with Crippen LogP contribution in [0.5, 0.6) is 5.75 Å². The van der Waals surface area contributed by atoms with E-state index in [1.165, 1.54) is 6.42 Å². The molecular formula is C15H22O2. The number of rotatable bonds is 4. The van der Waals surface area contributed by atoms with Crippen LogP contribution in [0.4, 0.5) is 0 Å². The Morgan fingerprint density at radius 2 is 1.76 bits per heavy atom. The SMILES string of the molecule is CCCOc1ccc(C2(O)CCCCC2)cc1. The zero-order chi connectivity index (χ0) is 12.1. The monoisotopic (exact) mass is 234 g/mol. The average molecular weight is 234 g/mol. The predicted molar refractivity (Wildman–Crippen MR) is 69.2 cm³/mol. The Morgan fingerprint density at radius 1 is 1.12 bits per heavy atom. The Hall–Kier alpha value is -1.02. The van der Waals surface area contributed by atoms with E-state index in [9.17, 15) is 5.11 Å². The van der Waals surface area contributed by atoms with Crippen LogP contribution in [-0.4, -0.2) is 11.7 Å². The molecule has 1 fully saturated rings. The first kappa shape index (κ1) is 12.4. The molecule has 2 nitrogen and oxygen atoms in total. The maximum atomic E-state index is 10.6. The van der Waals surface area contributed by atoms with E-state index in [0.29, 0.717) is 0 Å². The van der Waals surface area contributed by atoms with Crippen LogP contribution in [0, 0.1) is 0 Å². The highest BCUT2D eigenvalue weighted by molar-refractivity contribution is 5.31. The lowest BCUT2D eigenvalue weighted by Crippen LogP contribution is -2.28. The molecule has 1 saturated carbocycles. The van der Waals surface area contributed by atoms with Gasteiger partial charge in [0.05, 0.1) is 12.2 Å². The summed E-state index contributed by atoms with van der Waals surface area (Å²) in [5, 5.41) is 10.6. The van der Waals surface area contributed by atoms with Crippen LogP contribution in [0.2, 0.25) is 0 Å². The van der Waals surface area contributed by atoms with E-state index in [0.717, 1.165) is 50.0 Å². The standard InChI is InChI=1S/C15H22O2/c1-2-12-17-14-8-6-13(7-9-14)15(16)10-4-3-5-11-15/h6-9,16H,2-5,10-12H2,1H3. The first-order chi connectivity index (χ1) is 8.24. The molecule has 0 heterocycles. The van der Waals surface area contributed by atoms with Crippen molar-refractivity contribution in [2.75, 3.05) is 6.61 Å². The van der Waals surface area contributed by atoms with Crippen LogP contribution in [0.1, 0.15) is 51.0 Å². The molecule has 1 aliphatic carbocycles. The van der Waals surface area contributed by atoms with E-state index < -0.39 is 5.60 Å². The molecule has 1 aliphatic rings. The van der Waals surface area contributed by atoms with E-state index in [-0.39, 0.29) is 0 Å². The fourth-order valence-electron chi connectivity index (χ4n) is 2.51. The Balaban J connectivity index is 2.06. The molecule has 0 aromatic heterocycles. The summed E-state index contributed by atoms with van der Waals surface area (Å²) in [5.74, 6) is 0.898. The van der Waals surface area contributed by atoms with Crippen molar-refractivity contribution in [3.63, 3.8) is 0 Å². The highest BCUT2D eigenvalue weighted by Gasteiger charge is 2.30. The first-order valence-corrected chi connectivity index (χ1v) is 6.70. The second kappa shape index (κ2) is 5.54. The van der Waals surface area contributed by atoms with Gasteiger partial charge in [-0.15, -0.1) is 0 Å². The molecule has 0 saturated heterocycles. The molecule has 2 rings (SSSR count). The molecule has 0 atom stereocenters. The minimum Gasteiger partial charge on any atom is -0.494 e. The molecule has 1 aromatic rings. The van der Waals surface area contributed by atoms with Crippen LogP contribution in [0.15, 0.2) is 24.3 Å². The smallest absolute Gasteiger partial charge is 0.119 e. The highest BCUT2D eigenvalue weighted by Crippen LogP contribution is 2.37. The van der Waals surface area contributed by atoms with Crippen LogP contribution in [0.25, 0.3) is 0 Å². The minimum atomic E-state index is -0.596. The molecule has 94 valence electrons. The minimum absolute atomic E-state index is 0.596. The zero-order valence-corrected chi connectivity index (χ0v) is 10.6. The van der Waals surface area contributed by atoms with Gasteiger partial charge in [0.2, 0.25) is 0 Å². The second-order valence-corrected chi connectivity index (χ2v) is 4.97. The Labute approximate surface area is 104 Å². The van der Waals surface area contributed by atoms with Crippen molar-refractivity contribution in [1.82, 2.24) is 0 Å². The van der Waals surface area contributed by atoms with Gasteiger partial charge in [0.15, 0.2) is 0 Å². The van der Waals surface area contributed by atoms with E-state index in [2.05, 4.69) is 6.92 Å². The van der Waals surface area contributed by atoms with Crippen molar-refractivity contribution in [1.29, 1.82) is 0 Å². The average Bonchev–Trinajstić information content (AvgIpc) is 2.38. The van der Waals surface area contributed by atoms with Gasteiger partial charge in [-0.25, -0.2) is 0 Å². The lowest BCUT2D eigenvalue weighted by Gasteiger charge is -2.32. The quantitative estimate of drug-likeness (QED) is 0.862. The predicted octanol–water partition coefficient (Wildman–Crippen LogP) is 3.63. The van der Waals surface area contributed by atoms with Gasteiger partial charge >= 0.3 is 0 Å². The number of benzene rings is 1. The molecule has 0 amide bonds. The van der Waals surface area contributed by atoms with E-state index in [4.69, 9.17) is 4.74 Å². The van der Waals surface area contributed by atoms with Crippen LogP contribution in [0.3, 0.4) is 0 Å². The Bertz CT molecular complexity index is 336. The third kappa shape index (κ3) is 3.01. The van der Waals surface area contributed by atoms with Crippen molar-refractivity contribution in [3.8, 4) is 5.75 Å². The summed E-state index contributed by atoms with van der Waals surface area (Å²) in [7, 11) is 0. The lowest BCUT2D eigenvalue weighted by atomic mass is 9.80. The van der Waals surface area contributed by atoms with Crippen molar-refractivity contribution < 1.29 is 9.84 Å². The van der Waals surface area contributed by atoms with Gasteiger partial charge in [-0.3, -0.25) is 0 Å². The van der Waals surface area contributed by atoms with Gasteiger partial charge in [0.25, 0.3) is 0 Å². The Morgan fingerprint density at radius 3 is 2.35 bits per heavy atom. The van der Waals surface area contributed by atoms with Crippen molar-refractivity contribution in [2.45, 2.75) is 51.0 Å². The fraction of sp³-hybridized carbons (Fsp3) is 0.600. The number of hydrogen-bond donors (Lipinski definition) is 1. The zero-order valence-electron chi connectivity index (χ0n) is 10.6. The van der Waals surface area contributed by atoms with Gasteiger partial charge in [-0.05, 0) is 37.0 Å². The fourth-order valence-corrected chi connectivity index (χ4v) is 2.51. The summed E-state index contributed by atoms with van der Waals surface area (Å²) in [6, 6.07) is 7.96. The normalized spacial score (nSPS) is 18.9. The lowest BCUT2D eigenvalue weighted by molar-refractivity contribution is -0.000660. The topological polar surface area (TPSA) is 29.5 Å². The summed E-state index contributed by atoms with van der Waals surface area (Å²) in [6.45, 7) is 2.85. The maximum absolute atomic E-state index is 10.6. The number of aliphatic hydroxyl groups is 1. The van der Waals surface area contributed by atoms with E-state index >= 15 is 0 Å². The summed E-state index contributed by atoms with van der Waals surface area (Å²) in [4.78, 5) is 0. The third-order valence-electron chi connectivity index (χ3n) is 3.55. The summed E-state index contributed by atoms with van der Waals surface area (Å²) >= 11 is 0. The summed E-state index contributed by atoms with van der Waals surface area (Å²) in [6.07, 6.45) is 6.31. The van der Waals surface area contributed by atoms with E-state index in [1.54, 1.807) is 0 Å². The van der Waals surface area contributed by atoms with Gasteiger partial charge in [0, 0.05) is 0 Å². The van der Waals surface area contributed by atoms with Gasteiger partial charge in [-0.1, -0.05) is 38.3 Å². The number of hydrogen-bond acceptors (Lipinski definition) is 2. The highest BCUT2D eigenvalue weighted by atomic mass is 16.5. The second-order valence-electron chi connectivity index (χ2n) is 4.97. The molecule has 0 bridgehead atoms. The van der Waals surface area contributed by atoms with Gasteiger partial charge in [0.1, 0.15) is 5.75 Å². The third-order valence-corrected chi connectivity index (χ3v) is 3.55. The largest absolute Gasteiger partial charge is 0.494 e. The molecule has 0 spiro atoms. The van der Waals surface area contributed by atoms with Gasteiger partial charge < -0.3 is 9.84 Å². The number of ether oxygens (including phenoxy) is 1. The molecule has 1 N–H and O–H groups in total. The van der Waals surface area contributed by atoms with E-state index in [1.807, 2.05) is 24.3 Å². The van der Waals surface area contributed by atoms with Crippen molar-refractivity contribution in [3.05, 3.63) is 29.8 Å². The molecule has 1 aromatic carbocycles. The van der Waals surface area contributed by atoms with Crippen molar-refractivity contribution >= 4 is 0 Å². The molecule has 17 heavy (non-hydrogen) atoms. The maximum Gasteiger partial charge on any atom is 0.119 e. The van der Waals surface area contributed by atoms with Crippen LogP contribution in [-0.2, 0) is 5.60 Å². The van der Waals surface area contributed by atoms with Crippen LogP contribution < -0.4 is 4.74 Å². The first-order valence-electron chi connectivity index (χ1n) is 6.70.